The summed E-state index contributed by atoms with van der Waals surface area (Å²) in [6.45, 7) is -1.10. The molecule has 0 N–H and O–H groups in total. The molecule has 0 aliphatic heterocycles. The Hall–Kier alpha value is -1.73. The number of halogens is 6. The highest BCUT2D eigenvalue weighted by atomic mass is 19.4. The average Bonchev–Trinajstić information content (AvgIpc) is 2.25. The molecule has 0 unspecified atom stereocenters. The van der Waals surface area contributed by atoms with E-state index < -0.39 is 41.6 Å². The molecule has 19 heavy (non-hydrogen) atoms. The van der Waals surface area contributed by atoms with Crippen LogP contribution in [0.25, 0.3) is 0 Å². The van der Waals surface area contributed by atoms with Crippen molar-refractivity contribution in [2.24, 2.45) is 0 Å². The Morgan fingerprint density at radius 2 is 1.79 bits per heavy atom. The molecular weight excluding hydrogens is 278 g/mol. The van der Waals surface area contributed by atoms with Gasteiger partial charge in [0.2, 0.25) is 0 Å². The number of carbonyl (C=O) groups excluding carboxylic acids is 1. The van der Waals surface area contributed by atoms with E-state index in [1.54, 1.807) is 0 Å². The van der Waals surface area contributed by atoms with Crippen LogP contribution in [0.1, 0.15) is 17.3 Å². The van der Waals surface area contributed by atoms with Crippen molar-refractivity contribution < 1.29 is 35.9 Å². The lowest BCUT2D eigenvalue weighted by Gasteiger charge is -2.20. The number of alkyl halides is 5. The summed E-state index contributed by atoms with van der Waals surface area (Å²) >= 11 is 0. The lowest BCUT2D eigenvalue weighted by molar-refractivity contribution is -0.290. The fraction of sp³-hybridized carbons (Fsp3) is 0.364. The van der Waals surface area contributed by atoms with Crippen LogP contribution in [0.5, 0.6) is 5.75 Å². The third kappa shape index (κ3) is 3.39. The quantitative estimate of drug-likeness (QED) is 0.624. The Balaban J connectivity index is 2.99. The molecule has 0 atom stereocenters. The minimum atomic E-state index is -5.81. The summed E-state index contributed by atoms with van der Waals surface area (Å²) in [5.74, 6) is -7.96. The molecular formula is C11H8F6O2. The lowest BCUT2D eigenvalue weighted by Crippen LogP contribution is -2.42. The van der Waals surface area contributed by atoms with Gasteiger partial charge in [-0.1, -0.05) is 6.07 Å². The molecule has 0 amide bonds. The maximum Gasteiger partial charge on any atom is 0.456 e. The van der Waals surface area contributed by atoms with Crippen LogP contribution in [0.4, 0.5) is 26.3 Å². The van der Waals surface area contributed by atoms with Crippen molar-refractivity contribution in [2.75, 3.05) is 6.61 Å². The van der Waals surface area contributed by atoms with Crippen molar-refractivity contribution in [3.63, 3.8) is 0 Å². The Bertz CT molecular complexity index is 481. The van der Waals surface area contributed by atoms with Crippen LogP contribution < -0.4 is 4.74 Å². The van der Waals surface area contributed by atoms with Crippen LogP contribution >= 0.6 is 0 Å². The zero-order valence-electron chi connectivity index (χ0n) is 9.52. The van der Waals surface area contributed by atoms with Crippen LogP contribution in [0.2, 0.25) is 0 Å². The van der Waals surface area contributed by atoms with Gasteiger partial charge in [-0.15, -0.1) is 0 Å². The van der Waals surface area contributed by atoms with Gasteiger partial charge in [0.05, 0.1) is 5.56 Å². The number of carbonyl (C=O) groups is 1. The predicted molar refractivity (Wildman–Crippen MR) is 52.9 cm³/mol. The number of benzene rings is 1. The number of ketones is 1. The summed E-state index contributed by atoms with van der Waals surface area (Å²) < 4.78 is 78.4. The lowest BCUT2D eigenvalue weighted by atomic mass is 10.1. The molecule has 0 aliphatic carbocycles. The SMILES string of the molecule is CC(=O)c1cccc(F)c1OCC(F)(F)C(F)(F)F. The number of para-hydroxylation sites is 1. The number of hydrogen-bond donors (Lipinski definition) is 0. The predicted octanol–water partition coefficient (Wildman–Crippen LogP) is 3.60. The van der Waals surface area contributed by atoms with Gasteiger partial charge in [0.25, 0.3) is 0 Å². The smallest absolute Gasteiger partial charge is 0.456 e. The van der Waals surface area contributed by atoms with Crippen LogP contribution in [-0.4, -0.2) is 24.5 Å². The summed E-state index contributed by atoms with van der Waals surface area (Å²) in [6, 6.07) is 2.96. The van der Waals surface area contributed by atoms with Gasteiger partial charge < -0.3 is 4.74 Å². The summed E-state index contributed by atoms with van der Waals surface area (Å²) in [7, 11) is 0. The molecule has 106 valence electrons. The van der Waals surface area contributed by atoms with E-state index in [1.807, 2.05) is 0 Å². The first-order valence-electron chi connectivity index (χ1n) is 4.93. The first kappa shape index (κ1) is 15.3. The van der Waals surface area contributed by atoms with Crippen molar-refractivity contribution >= 4 is 5.78 Å². The van der Waals surface area contributed by atoms with Gasteiger partial charge >= 0.3 is 12.1 Å². The molecule has 0 spiro atoms. The number of hydrogen-bond acceptors (Lipinski definition) is 2. The van der Waals surface area contributed by atoms with Gasteiger partial charge in [-0.3, -0.25) is 4.79 Å². The van der Waals surface area contributed by atoms with Crippen molar-refractivity contribution in [2.45, 2.75) is 19.0 Å². The van der Waals surface area contributed by atoms with Gasteiger partial charge in [-0.2, -0.15) is 22.0 Å². The molecule has 0 aromatic heterocycles. The normalized spacial score (nSPS) is 12.4. The highest BCUT2D eigenvalue weighted by Gasteiger charge is 2.58. The Labute approximate surface area is 104 Å². The summed E-state index contributed by atoms with van der Waals surface area (Å²) in [6.07, 6.45) is -5.81. The molecule has 0 saturated heterocycles. The Morgan fingerprint density at radius 3 is 2.26 bits per heavy atom. The van der Waals surface area contributed by atoms with Gasteiger partial charge in [0.15, 0.2) is 24.0 Å². The first-order valence-corrected chi connectivity index (χ1v) is 4.93. The van der Waals surface area contributed by atoms with Crippen molar-refractivity contribution in [1.82, 2.24) is 0 Å². The van der Waals surface area contributed by atoms with Gasteiger partial charge in [0, 0.05) is 0 Å². The summed E-state index contributed by atoms with van der Waals surface area (Å²) in [5.41, 5.74) is -0.405. The largest absolute Gasteiger partial charge is 0.483 e. The van der Waals surface area contributed by atoms with E-state index in [1.165, 1.54) is 0 Å². The molecule has 0 fully saturated rings. The van der Waals surface area contributed by atoms with E-state index >= 15 is 0 Å². The van der Waals surface area contributed by atoms with E-state index in [4.69, 9.17) is 0 Å². The molecule has 1 rings (SSSR count). The number of ether oxygens (including phenoxy) is 1. The van der Waals surface area contributed by atoms with Crippen LogP contribution in [-0.2, 0) is 0 Å². The van der Waals surface area contributed by atoms with Crippen LogP contribution in [0, 0.1) is 5.82 Å². The topological polar surface area (TPSA) is 26.3 Å². The molecule has 0 radical (unpaired) electrons. The molecule has 1 aromatic rings. The van der Waals surface area contributed by atoms with Gasteiger partial charge in [0.1, 0.15) is 0 Å². The van der Waals surface area contributed by atoms with Crippen molar-refractivity contribution in [1.29, 1.82) is 0 Å². The molecule has 8 heteroatoms. The fourth-order valence-electron chi connectivity index (χ4n) is 1.18. The molecule has 0 heterocycles. The van der Waals surface area contributed by atoms with Crippen molar-refractivity contribution in [3.05, 3.63) is 29.6 Å². The van der Waals surface area contributed by atoms with Crippen molar-refractivity contribution in [3.8, 4) is 5.75 Å². The van der Waals surface area contributed by atoms with E-state index in [-0.39, 0.29) is 0 Å². The second kappa shape index (κ2) is 5.10. The molecule has 1 aromatic carbocycles. The Morgan fingerprint density at radius 1 is 1.21 bits per heavy atom. The third-order valence-corrected chi connectivity index (χ3v) is 2.16. The first-order chi connectivity index (χ1) is 8.56. The standard InChI is InChI=1S/C11H8F6O2/c1-6(18)7-3-2-4-8(12)9(7)19-5-10(13,14)11(15,16)17/h2-4H,5H2,1H3. The number of rotatable bonds is 4. The summed E-state index contributed by atoms with van der Waals surface area (Å²) in [4.78, 5) is 11.1. The second-order valence-corrected chi connectivity index (χ2v) is 3.66. The second-order valence-electron chi connectivity index (χ2n) is 3.66. The maximum absolute atomic E-state index is 13.3. The van der Waals surface area contributed by atoms with E-state index in [2.05, 4.69) is 4.74 Å². The number of Topliss-reactive ketones (excluding diaryl/α,β-unsaturated/α-hetero) is 1. The average molecular weight is 286 g/mol. The summed E-state index contributed by atoms with van der Waals surface area (Å²) in [5, 5.41) is 0. The minimum Gasteiger partial charge on any atom is -0.483 e. The highest BCUT2D eigenvalue weighted by Crippen LogP contribution is 2.36. The Kier molecular flexibility index (Phi) is 4.12. The molecule has 0 aliphatic rings. The van der Waals surface area contributed by atoms with Crippen LogP contribution in [0.15, 0.2) is 18.2 Å². The van der Waals surface area contributed by atoms with E-state index in [0.29, 0.717) is 0 Å². The fourth-order valence-corrected chi connectivity index (χ4v) is 1.18. The van der Waals surface area contributed by atoms with Gasteiger partial charge in [-0.25, -0.2) is 4.39 Å². The highest BCUT2D eigenvalue weighted by molar-refractivity contribution is 5.96. The zero-order valence-corrected chi connectivity index (χ0v) is 9.52. The van der Waals surface area contributed by atoms with E-state index in [9.17, 15) is 31.1 Å². The zero-order chi connectivity index (χ0) is 14.8. The van der Waals surface area contributed by atoms with Gasteiger partial charge in [-0.05, 0) is 19.1 Å². The maximum atomic E-state index is 13.3. The molecule has 0 saturated carbocycles. The molecule has 0 bridgehead atoms. The van der Waals surface area contributed by atoms with Crippen LogP contribution in [0.3, 0.4) is 0 Å². The third-order valence-electron chi connectivity index (χ3n) is 2.16. The van der Waals surface area contributed by atoms with E-state index in [0.717, 1.165) is 25.1 Å². The molecule has 2 nitrogen and oxygen atoms in total. The minimum absolute atomic E-state index is 0.405. The monoisotopic (exact) mass is 286 g/mol.